The predicted molar refractivity (Wildman–Crippen MR) is 146 cm³/mol. The number of halogens is 3. The summed E-state index contributed by atoms with van der Waals surface area (Å²) in [6, 6.07) is 9.98. The van der Waals surface area contributed by atoms with E-state index in [2.05, 4.69) is 11.1 Å². The number of benzene rings is 2. The molecule has 0 bridgehead atoms. The zero-order valence-corrected chi connectivity index (χ0v) is 23.2. The zero-order chi connectivity index (χ0) is 27.0. The van der Waals surface area contributed by atoms with Crippen LogP contribution in [0.15, 0.2) is 41.4 Å². The van der Waals surface area contributed by atoms with Crippen LogP contribution in [0.4, 0.5) is 13.2 Å². The quantitative estimate of drug-likeness (QED) is 0.271. The van der Waals surface area contributed by atoms with Crippen LogP contribution >= 0.6 is 11.8 Å². The third-order valence-electron chi connectivity index (χ3n) is 7.06. The molecule has 9 heteroatoms. The lowest BCUT2D eigenvalue weighted by Crippen LogP contribution is -2.14. The monoisotopic (exact) mass is 561 g/mol. The number of rotatable bonds is 8. The molecule has 4 nitrogen and oxygen atoms in total. The molecule has 0 spiro atoms. The van der Waals surface area contributed by atoms with E-state index in [9.17, 15) is 17.4 Å². The largest absolute Gasteiger partial charge is 0.494 e. The first-order valence-electron chi connectivity index (χ1n) is 12.7. The van der Waals surface area contributed by atoms with Crippen molar-refractivity contribution >= 4 is 22.6 Å². The van der Waals surface area contributed by atoms with E-state index >= 15 is 0 Å². The fourth-order valence-electron chi connectivity index (χ4n) is 5.45. The standard InChI is InChI=1S/C29H30F3NO3S2/c1-17-14-20(35-11-5-13-38(3)34)15-18(2)25(17)23-7-4-6-22-21(23)8-9-24(22)36-28-26(29(30,31)32)27-19(16-33-28)10-12-37-27/h4,6-7,14-16,24H,5,8-13H2,1-3H3. The second-order valence-electron chi connectivity index (χ2n) is 9.82. The minimum absolute atomic E-state index is 0.256. The lowest BCUT2D eigenvalue weighted by molar-refractivity contribution is -0.142. The molecule has 202 valence electrons. The second-order valence-corrected chi connectivity index (χ2v) is 12.5. The van der Waals surface area contributed by atoms with E-state index in [4.69, 9.17) is 9.47 Å². The molecule has 0 amide bonds. The predicted octanol–water partition coefficient (Wildman–Crippen LogP) is 7.25. The van der Waals surface area contributed by atoms with E-state index < -0.39 is 28.6 Å². The number of ether oxygens (including phenoxy) is 2. The molecule has 38 heavy (non-hydrogen) atoms. The molecule has 0 saturated heterocycles. The zero-order valence-electron chi connectivity index (χ0n) is 21.6. The molecule has 1 aliphatic heterocycles. The minimum Gasteiger partial charge on any atom is -0.494 e. The number of nitrogens with zero attached hydrogens (tertiary/aromatic N) is 1. The first-order valence-corrected chi connectivity index (χ1v) is 15.4. The summed E-state index contributed by atoms with van der Waals surface area (Å²) in [6.07, 6.45) is 0.821. The van der Waals surface area contributed by atoms with Crippen LogP contribution in [0.25, 0.3) is 11.1 Å². The number of aromatic nitrogens is 1. The topological polar surface area (TPSA) is 48.4 Å². The van der Waals surface area contributed by atoms with Gasteiger partial charge >= 0.3 is 6.18 Å². The van der Waals surface area contributed by atoms with Crippen molar-refractivity contribution in [3.63, 3.8) is 0 Å². The highest BCUT2D eigenvalue weighted by Gasteiger charge is 2.41. The number of hydrogen-bond donors (Lipinski definition) is 0. The maximum absolute atomic E-state index is 14.1. The number of hydrogen-bond acceptors (Lipinski definition) is 5. The fraction of sp³-hybridized carbons (Fsp3) is 0.414. The Kier molecular flexibility index (Phi) is 7.78. The van der Waals surface area contributed by atoms with Crippen molar-refractivity contribution in [2.45, 2.75) is 56.7 Å². The average molecular weight is 562 g/mol. The van der Waals surface area contributed by atoms with Crippen LogP contribution in [0, 0.1) is 13.8 Å². The lowest BCUT2D eigenvalue weighted by Gasteiger charge is -2.20. The smallest absolute Gasteiger partial charge is 0.422 e. The van der Waals surface area contributed by atoms with E-state index in [0.717, 1.165) is 45.6 Å². The van der Waals surface area contributed by atoms with Crippen molar-refractivity contribution in [2.24, 2.45) is 0 Å². The molecule has 2 unspecified atom stereocenters. The SMILES string of the molecule is Cc1cc(OCCCS(C)=O)cc(C)c1-c1cccc2c1CCC2Oc1ncc2c(c1C(F)(F)F)SCC2. The first kappa shape index (κ1) is 27.1. The van der Waals surface area contributed by atoms with Crippen LogP contribution in [0.3, 0.4) is 0 Å². The highest BCUT2D eigenvalue weighted by Crippen LogP contribution is 2.48. The minimum atomic E-state index is -4.53. The van der Waals surface area contributed by atoms with Gasteiger partial charge in [0.05, 0.1) is 6.61 Å². The highest BCUT2D eigenvalue weighted by molar-refractivity contribution is 7.99. The Morgan fingerprint density at radius 2 is 1.92 bits per heavy atom. The van der Waals surface area contributed by atoms with Gasteiger partial charge in [0.1, 0.15) is 17.4 Å². The number of alkyl halides is 3. The van der Waals surface area contributed by atoms with Crippen LogP contribution in [0.5, 0.6) is 11.6 Å². The molecule has 0 N–H and O–H groups in total. The second kappa shape index (κ2) is 10.9. The Hall–Kier alpha value is -2.52. The van der Waals surface area contributed by atoms with Gasteiger partial charge in [-0.05, 0) is 90.6 Å². The summed E-state index contributed by atoms with van der Waals surface area (Å²) in [7, 11) is -0.834. The number of thioether (sulfide) groups is 1. The summed E-state index contributed by atoms with van der Waals surface area (Å²) in [4.78, 5) is 4.38. The Morgan fingerprint density at radius 3 is 2.63 bits per heavy atom. The van der Waals surface area contributed by atoms with Gasteiger partial charge in [0.2, 0.25) is 5.88 Å². The molecule has 0 fully saturated rings. The van der Waals surface area contributed by atoms with Crippen LogP contribution in [-0.2, 0) is 29.8 Å². The average Bonchev–Trinajstić information content (AvgIpc) is 3.48. The number of pyridine rings is 1. The van der Waals surface area contributed by atoms with E-state index in [1.807, 2.05) is 38.1 Å². The number of aryl methyl sites for hydroxylation is 3. The summed E-state index contributed by atoms with van der Waals surface area (Å²) >= 11 is 1.23. The number of fused-ring (bicyclic) bond motifs is 2. The van der Waals surface area contributed by atoms with E-state index in [0.29, 0.717) is 42.9 Å². The third kappa shape index (κ3) is 5.45. The van der Waals surface area contributed by atoms with E-state index in [-0.39, 0.29) is 10.8 Å². The van der Waals surface area contributed by atoms with Crippen LogP contribution < -0.4 is 9.47 Å². The van der Waals surface area contributed by atoms with Gasteiger partial charge < -0.3 is 9.47 Å². The molecule has 1 aromatic heterocycles. The summed E-state index contributed by atoms with van der Waals surface area (Å²) in [6.45, 7) is 4.59. The van der Waals surface area contributed by atoms with Crippen LogP contribution in [-0.4, -0.2) is 33.6 Å². The van der Waals surface area contributed by atoms with E-state index in [1.54, 1.807) is 6.26 Å². The van der Waals surface area contributed by atoms with Gasteiger partial charge in [0.25, 0.3) is 0 Å². The lowest BCUT2D eigenvalue weighted by atomic mass is 9.90. The molecular weight excluding hydrogens is 531 g/mol. The van der Waals surface area contributed by atoms with E-state index in [1.165, 1.54) is 18.0 Å². The van der Waals surface area contributed by atoms with Crippen molar-refractivity contribution in [3.05, 3.63) is 69.9 Å². The molecule has 0 radical (unpaired) electrons. The molecule has 2 aromatic carbocycles. The van der Waals surface area contributed by atoms with Gasteiger partial charge in [-0.3, -0.25) is 4.21 Å². The van der Waals surface area contributed by atoms with Crippen molar-refractivity contribution in [1.82, 2.24) is 4.98 Å². The van der Waals surface area contributed by atoms with Gasteiger partial charge in [-0.25, -0.2) is 4.98 Å². The van der Waals surface area contributed by atoms with Crippen LogP contribution in [0.1, 0.15) is 52.3 Å². The molecule has 0 saturated carbocycles. The van der Waals surface area contributed by atoms with Gasteiger partial charge in [-0.2, -0.15) is 13.2 Å². The van der Waals surface area contributed by atoms with Gasteiger partial charge in [0, 0.05) is 39.7 Å². The fourth-order valence-corrected chi connectivity index (χ4v) is 7.19. The molecule has 5 rings (SSSR count). The normalized spacial score (nSPS) is 17.3. The first-order chi connectivity index (χ1) is 18.1. The summed E-state index contributed by atoms with van der Waals surface area (Å²) < 4.78 is 65.4. The molecule has 1 aliphatic carbocycles. The van der Waals surface area contributed by atoms with Crippen molar-refractivity contribution in [3.8, 4) is 22.8 Å². The summed E-state index contributed by atoms with van der Waals surface area (Å²) in [5, 5.41) is 0. The van der Waals surface area contributed by atoms with Gasteiger partial charge in [-0.15, -0.1) is 11.8 Å². The Morgan fingerprint density at radius 1 is 1.16 bits per heavy atom. The van der Waals surface area contributed by atoms with Gasteiger partial charge in [0.15, 0.2) is 0 Å². The molecule has 2 heterocycles. The van der Waals surface area contributed by atoms with Crippen LogP contribution in [0.2, 0.25) is 0 Å². The molecule has 2 aliphatic rings. The van der Waals surface area contributed by atoms with Crippen molar-refractivity contribution in [1.29, 1.82) is 0 Å². The Labute approximate surface area is 227 Å². The molecule has 3 aromatic rings. The Balaban J connectivity index is 1.42. The molecular formula is C29H30F3NO3S2. The third-order valence-corrected chi connectivity index (χ3v) is 9.09. The maximum atomic E-state index is 14.1. The van der Waals surface area contributed by atoms with Crippen molar-refractivity contribution < 1.29 is 26.9 Å². The summed E-state index contributed by atoms with van der Waals surface area (Å²) in [5.41, 5.74) is 6.22. The van der Waals surface area contributed by atoms with Gasteiger partial charge in [-0.1, -0.05) is 18.2 Å². The van der Waals surface area contributed by atoms with Crippen molar-refractivity contribution in [2.75, 3.05) is 24.4 Å². The highest BCUT2D eigenvalue weighted by atomic mass is 32.2. The Bertz CT molecular complexity index is 1370. The maximum Gasteiger partial charge on any atom is 0.422 e. The molecule has 2 atom stereocenters. The summed E-state index contributed by atoms with van der Waals surface area (Å²) in [5.74, 6) is 1.69.